The van der Waals surface area contributed by atoms with Gasteiger partial charge in [-0.1, -0.05) is 39.7 Å². The van der Waals surface area contributed by atoms with Crippen LogP contribution in [0.4, 0.5) is 5.69 Å². The minimum atomic E-state index is -0.425. The second kappa shape index (κ2) is 8.31. The Morgan fingerprint density at radius 2 is 1.88 bits per heavy atom. The minimum absolute atomic E-state index is 0.208. The molecule has 0 saturated carbocycles. The largest absolute Gasteiger partial charge is 0.374 e. The molecule has 0 aliphatic carbocycles. The van der Waals surface area contributed by atoms with Crippen LogP contribution in [0.2, 0.25) is 5.02 Å². The van der Waals surface area contributed by atoms with Crippen LogP contribution in [0.5, 0.6) is 0 Å². The van der Waals surface area contributed by atoms with Gasteiger partial charge < -0.3 is 5.32 Å². The number of carbonyl (C=O) groups excluding carboxylic acids is 1. The van der Waals surface area contributed by atoms with Crippen molar-refractivity contribution >= 4 is 44.8 Å². The van der Waals surface area contributed by atoms with Crippen molar-refractivity contribution in [3.8, 4) is 0 Å². The van der Waals surface area contributed by atoms with Gasteiger partial charge in [-0.2, -0.15) is 5.10 Å². The number of hydrogen-bond donors (Lipinski definition) is 2. The zero-order chi connectivity index (χ0) is 17.7. The molecule has 0 saturated heterocycles. The summed E-state index contributed by atoms with van der Waals surface area (Å²) in [5, 5.41) is 8.00. The molecule has 2 aromatic rings. The van der Waals surface area contributed by atoms with E-state index in [9.17, 15) is 4.79 Å². The summed E-state index contributed by atoms with van der Waals surface area (Å²) in [6.07, 6.45) is 0. The Hall–Kier alpha value is -1.85. The zero-order valence-corrected chi connectivity index (χ0v) is 16.1. The van der Waals surface area contributed by atoms with Crippen molar-refractivity contribution in [1.82, 2.24) is 5.43 Å². The molecule has 0 aliphatic rings. The lowest BCUT2D eigenvalue weighted by molar-refractivity contribution is -0.121. The van der Waals surface area contributed by atoms with Crippen LogP contribution in [0, 0.1) is 6.92 Å². The van der Waals surface area contributed by atoms with Crippen LogP contribution in [0.1, 0.15) is 25.0 Å². The number of rotatable bonds is 5. The number of carbonyl (C=O) groups is 1. The SMILES string of the molecule is C/C(=N/NC(=O)[C@H](C)Nc1ccc(Cl)cc1C)c1ccc(Br)cc1. The zero-order valence-electron chi connectivity index (χ0n) is 13.7. The fourth-order valence-corrected chi connectivity index (χ4v) is 2.57. The number of nitrogens with zero attached hydrogens (tertiary/aromatic N) is 1. The third-order valence-electron chi connectivity index (χ3n) is 3.55. The number of hydrazone groups is 1. The highest BCUT2D eigenvalue weighted by Gasteiger charge is 2.13. The monoisotopic (exact) mass is 407 g/mol. The molecule has 0 aromatic heterocycles. The second-order valence-electron chi connectivity index (χ2n) is 5.51. The first kappa shape index (κ1) is 18.5. The summed E-state index contributed by atoms with van der Waals surface area (Å²) < 4.78 is 0.999. The predicted octanol–water partition coefficient (Wildman–Crippen LogP) is 4.75. The molecule has 4 nitrogen and oxygen atoms in total. The fraction of sp³-hybridized carbons (Fsp3) is 0.222. The van der Waals surface area contributed by atoms with Crippen molar-refractivity contribution in [3.63, 3.8) is 0 Å². The quantitative estimate of drug-likeness (QED) is 0.554. The smallest absolute Gasteiger partial charge is 0.262 e. The van der Waals surface area contributed by atoms with Crippen LogP contribution in [-0.2, 0) is 4.79 Å². The molecular weight excluding hydrogens is 390 g/mol. The normalized spacial score (nSPS) is 12.6. The number of amides is 1. The Morgan fingerprint density at radius 1 is 1.21 bits per heavy atom. The van der Waals surface area contributed by atoms with Gasteiger partial charge in [0.05, 0.1) is 5.71 Å². The van der Waals surface area contributed by atoms with Gasteiger partial charge in [0.25, 0.3) is 5.91 Å². The van der Waals surface area contributed by atoms with E-state index < -0.39 is 6.04 Å². The molecule has 0 unspecified atom stereocenters. The Labute approximate surface area is 155 Å². The first-order valence-corrected chi connectivity index (χ1v) is 8.66. The third kappa shape index (κ3) is 5.08. The molecule has 24 heavy (non-hydrogen) atoms. The fourth-order valence-electron chi connectivity index (χ4n) is 2.08. The Morgan fingerprint density at radius 3 is 2.50 bits per heavy atom. The van der Waals surface area contributed by atoms with E-state index >= 15 is 0 Å². The molecule has 2 N–H and O–H groups in total. The number of aryl methyl sites for hydroxylation is 1. The van der Waals surface area contributed by atoms with Crippen molar-refractivity contribution in [2.75, 3.05) is 5.32 Å². The molecule has 126 valence electrons. The van der Waals surface area contributed by atoms with E-state index in [1.807, 2.05) is 50.2 Å². The highest BCUT2D eigenvalue weighted by molar-refractivity contribution is 9.10. The average Bonchev–Trinajstić information content (AvgIpc) is 2.55. The maximum atomic E-state index is 12.2. The second-order valence-corrected chi connectivity index (χ2v) is 6.86. The van der Waals surface area contributed by atoms with Crippen molar-refractivity contribution < 1.29 is 4.79 Å². The standard InChI is InChI=1S/C18H19BrClN3O/c1-11-10-16(20)8-9-17(11)21-13(3)18(24)23-22-12(2)14-4-6-15(19)7-5-14/h4-10,13,21H,1-3H3,(H,23,24)/b22-12-/t13-/m0/s1. The van der Waals surface area contributed by atoms with Gasteiger partial charge in [-0.25, -0.2) is 5.43 Å². The summed E-state index contributed by atoms with van der Waals surface area (Å²) >= 11 is 9.33. The molecule has 1 atom stereocenters. The van der Waals surface area contributed by atoms with Crippen molar-refractivity contribution in [2.24, 2.45) is 5.10 Å². The summed E-state index contributed by atoms with van der Waals surface area (Å²) in [4.78, 5) is 12.2. The summed E-state index contributed by atoms with van der Waals surface area (Å²) in [6, 6.07) is 12.8. The molecule has 0 heterocycles. The van der Waals surface area contributed by atoms with E-state index in [0.29, 0.717) is 5.02 Å². The molecular formula is C18H19BrClN3O. The van der Waals surface area contributed by atoms with Gasteiger partial charge in [0, 0.05) is 15.2 Å². The number of hydrogen-bond acceptors (Lipinski definition) is 3. The first-order chi connectivity index (χ1) is 11.4. The summed E-state index contributed by atoms with van der Waals surface area (Å²) in [7, 11) is 0. The van der Waals surface area contributed by atoms with Gasteiger partial charge in [-0.3, -0.25) is 4.79 Å². The predicted molar refractivity (Wildman–Crippen MR) is 104 cm³/mol. The molecule has 0 radical (unpaired) electrons. The van der Waals surface area contributed by atoms with Crippen LogP contribution in [-0.4, -0.2) is 17.7 Å². The molecule has 0 bridgehead atoms. The molecule has 0 aliphatic heterocycles. The first-order valence-electron chi connectivity index (χ1n) is 7.49. The van der Waals surface area contributed by atoms with Crippen molar-refractivity contribution in [2.45, 2.75) is 26.8 Å². The number of nitrogens with one attached hydrogen (secondary N) is 2. The Bertz CT molecular complexity index is 759. The van der Waals surface area contributed by atoms with Gasteiger partial charge in [-0.15, -0.1) is 0 Å². The number of anilines is 1. The lowest BCUT2D eigenvalue weighted by Gasteiger charge is -2.16. The molecule has 1 amide bonds. The third-order valence-corrected chi connectivity index (χ3v) is 4.31. The maximum Gasteiger partial charge on any atom is 0.262 e. The number of benzene rings is 2. The summed E-state index contributed by atoms with van der Waals surface area (Å²) in [5.74, 6) is -0.208. The van der Waals surface area contributed by atoms with E-state index in [0.717, 1.165) is 27.0 Å². The van der Waals surface area contributed by atoms with E-state index in [2.05, 4.69) is 31.8 Å². The Kier molecular flexibility index (Phi) is 6.40. The highest BCUT2D eigenvalue weighted by atomic mass is 79.9. The van der Waals surface area contributed by atoms with Gasteiger partial charge in [0.2, 0.25) is 0 Å². The van der Waals surface area contributed by atoms with Crippen LogP contribution < -0.4 is 10.7 Å². The van der Waals surface area contributed by atoms with E-state index in [4.69, 9.17) is 11.6 Å². The van der Waals surface area contributed by atoms with E-state index in [-0.39, 0.29) is 5.91 Å². The van der Waals surface area contributed by atoms with E-state index in [1.165, 1.54) is 0 Å². The molecule has 0 spiro atoms. The lowest BCUT2D eigenvalue weighted by atomic mass is 10.1. The van der Waals surface area contributed by atoms with Crippen LogP contribution >= 0.6 is 27.5 Å². The average molecular weight is 409 g/mol. The lowest BCUT2D eigenvalue weighted by Crippen LogP contribution is -2.35. The molecule has 0 fully saturated rings. The van der Waals surface area contributed by atoms with Crippen molar-refractivity contribution in [3.05, 3.63) is 63.1 Å². The highest BCUT2D eigenvalue weighted by Crippen LogP contribution is 2.20. The Balaban J connectivity index is 1.98. The molecule has 6 heteroatoms. The number of halogens is 2. The van der Waals surface area contributed by atoms with E-state index in [1.54, 1.807) is 13.0 Å². The van der Waals surface area contributed by atoms with Crippen LogP contribution in [0.25, 0.3) is 0 Å². The van der Waals surface area contributed by atoms with Gasteiger partial charge in [-0.05, 0) is 62.2 Å². The molecule has 2 aromatic carbocycles. The van der Waals surface area contributed by atoms with Gasteiger partial charge in [0.15, 0.2) is 0 Å². The van der Waals surface area contributed by atoms with Gasteiger partial charge >= 0.3 is 0 Å². The van der Waals surface area contributed by atoms with Gasteiger partial charge in [0.1, 0.15) is 6.04 Å². The minimum Gasteiger partial charge on any atom is -0.374 e. The molecule has 2 rings (SSSR count). The topological polar surface area (TPSA) is 53.5 Å². The van der Waals surface area contributed by atoms with Crippen molar-refractivity contribution in [1.29, 1.82) is 0 Å². The van der Waals surface area contributed by atoms with Crippen LogP contribution in [0.15, 0.2) is 52.0 Å². The maximum absolute atomic E-state index is 12.2. The summed E-state index contributed by atoms with van der Waals surface area (Å²) in [5.41, 5.74) is 6.14. The summed E-state index contributed by atoms with van der Waals surface area (Å²) in [6.45, 7) is 5.58. The van der Waals surface area contributed by atoms with Crippen LogP contribution in [0.3, 0.4) is 0 Å².